The molecule has 1 atom stereocenters. The van der Waals surface area contributed by atoms with E-state index in [1.165, 1.54) is 0 Å². The molecule has 0 rings (SSSR count). The van der Waals surface area contributed by atoms with E-state index in [0.717, 1.165) is 6.42 Å². The van der Waals surface area contributed by atoms with E-state index < -0.39 is 16.3 Å². The fraction of sp³-hybridized carbons (Fsp3) is 1.00. The van der Waals surface area contributed by atoms with Gasteiger partial charge in [-0.25, -0.2) is 0 Å². The molecule has 0 aliphatic heterocycles. The molecule has 0 aliphatic rings. The molecule has 0 saturated carbocycles. The molecule has 0 aromatic heterocycles. The minimum absolute atomic E-state index is 0. The molecule has 94 valence electrons. The normalized spacial score (nSPS) is 15.2. The Labute approximate surface area is 121 Å². The number of rotatable bonds is 8. The Hall–Kier alpha value is 1.10. The van der Waals surface area contributed by atoms with E-state index in [1.807, 2.05) is 13.8 Å². The van der Waals surface area contributed by atoms with Crippen molar-refractivity contribution < 1.29 is 53.0 Å². The zero-order valence-corrected chi connectivity index (χ0v) is 13.9. The Morgan fingerprint density at radius 1 is 1.25 bits per heavy atom. The zero-order valence-electron chi connectivity index (χ0n) is 11.2. The summed E-state index contributed by atoms with van der Waals surface area (Å²) in [4.78, 5) is 0. The van der Waals surface area contributed by atoms with Gasteiger partial charge in [-0.1, -0.05) is 26.7 Å². The van der Waals surface area contributed by atoms with Crippen molar-refractivity contribution in [1.82, 2.24) is 0 Å². The third kappa shape index (κ3) is 6.74. The molecule has 0 aromatic carbocycles. The van der Waals surface area contributed by atoms with Crippen LogP contribution in [0.25, 0.3) is 0 Å². The molecule has 0 aromatic rings. The Bertz CT molecular complexity index is 322. The van der Waals surface area contributed by atoms with Gasteiger partial charge in [0.2, 0.25) is 0 Å². The second kappa shape index (κ2) is 9.09. The van der Waals surface area contributed by atoms with Gasteiger partial charge in [-0.2, -0.15) is 8.42 Å². The molecule has 0 spiro atoms. The smallest absolute Gasteiger partial charge is 1.00 e. The van der Waals surface area contributed by atoms with Gasteiger partial charge in [0.25, 0.3) is 0 Å². The summed E-state index contributed by atoms with van der Waals surface area (Å²) < 4.78 is 47.4. The van der Waals surface area contributed by atoms with Crippen LogP contribution in [0.2, 0.25) is 0 Å². The molecule has 5 nitrogen and oxygen atoms in total. The van der Waals surface area contributed by atoms with Crippen molar-refractivity contribution in [2.45, 2.75) is 39.5 Å². The summed E-state index contributed by atoms with van der Waals surface area (Å²) in [5.41, 5.74) is 0. The maximum absolute atomic E-state index is 11.8. The summed E-state index contributed by atoms with van der Waals surface area (Å²) in [5, 5.41) is 0. The Balaban J connectivity index is -0.000000980. The van der Waals surface area contributed by atoms with E-state index in [2.05, 4.69) is 0 Å². The van der Waals surface area contributed by atoms with Crippen molar-refractivity contribution in [3.05, 3.63) is 0 Å². The van der Waals surface area contributed by atoms with E-state index in [1.54, 1.807) is 0 Å². The first-order chi connectivity index (χ1) is 6.87. The molecule has 1 unspecified atom stereocenters. The molecule has 0 amide bonds. The van der Waals surface area contributed by atoms with E-state index in [-0.39, 0.29) is 43.8 Å². The first-order valence-corrected chi connectivity index (χ1v) is 8.94. The maximum Gasteiger partial charge on any atom is 1.00 e. The van der Waals surface area contributed by atoms with Gasteiger partial charge in [-0.3, -0.25) is 9.12 Å². The molecule has 16 heavy (non-hydrogen) atoms. The fourth-order valence-corrected chi connectivity index (χ4v) is 4.25. The quantitative estimate of drug-likeness (QED) is 0.289. The predicted octanol–water partition coefficient (Wildman–Crippen LogP) is -0.199. The van der Waals surface area contributed by atoms with Crippen LogP contribution >= 0.6 is 6.57 Å². The van der Waals surface area contributed by atoms with Crippen LogP contribution in [0.1, 0.15) is 41.0 Å². The maximum atomic E-state index is 11.8. The average Bonchev–Trinajstić information content (AvgIpc) is 2.13. The summed E-state index contributed by atoms with van der Waals surface area (Å²) in [6.07, 6.45) is 2.51. The summed E-state index contributed by atoms with van der Waals surface area (Å²) in [6, 6.07) is 0. The van der Waals surface area contributed by atoms with Crippen LogP contribution < -0.4 is 29.6 Å². The Morgan fingerprint density at radius 3 is 2.12 bits per heavy atom. The van der Waals surface area contributed by atoms with Crippen molar-refractivity contribution in [1.29, 1.82) is 0 Å². The molecule has 8 heteroatoms. The van der Waals surface area contributed by atoms with Crippen LogP contribution in [0.3, 0.4) is 0 Å². The Kier molecular flexibility index (Phi) is 11.0. The van der Waals surface area contributed by atoms with Crippen molar-refractivity contribution in [3.8, 4) is 0 Å². The standard InChI is InChI=1S/C8H19O5PS.Na.H/c1-3-5-7-13-14(9,8-6-4-2)15(10,11)12;;/h3-8H2,1-2H3,(H,10,11,12);;/q;+1;-1. The summed E-state index contributed by atoms with van der Waals surface area (Å²) in [5.74, 6) is 0. The molecule has 0 aliphatic carbocycles. The van der Waals surface area contributed by atoms with Crippen LogP contribution in [0, 0.1) is 0 Å². The van der Waals surface area contributed by atoms with Gasteiger partial charge in [-0.15, -0.1) is 0 Å². The van der Waals surface area contributed by atoms with Gasteiger partial charge in [0.05, 0.1) is 6.61 Å². The van der Waals surface area contributed by atoms with Crippen molar-refractivity contribution in [2.24, 2.45) is 0 Å². The Morgan fingerprint density at radius 2 is 1.75 bits per heavy atom. The molecule has 0 fully saturated rings. The van der Waals surface area contributed by atoms with Crippen LogP contribution in [0.4, 0.5) is 0 Å². The zero-order chi connectivity index (χ0) is 11.9. The third-order valence-corrected chi connectivity index (χ3v) is 7.04. The summed E-state index contributed by atoms with van der Waals surface area (Å²) in [6.45, 7) is -0.0551. The number of hydrogen-bond donors (Lipinski definition) is 1. The van der Waals surface area contributed by atoms with Gasteiger partial charge >= 0.3 is 45.9 Å². The van der Waals surface area contributed by atoms with Crippen LogP contribution in [0.15, 0.2) is 0 Å². The average molecular weight is 282 g/mol. The van der Waals surface area contributed by atoms with E-state index >= 15 is 0 Å². The molecule has 1 N–H and O–H groups in total. The monoisotopic (exact) mass is 282 g/mol. The summed E-state index contributed by atoms with van der Waals surface area (Å²) >= 11 is 0. The predicted molar refractivity (Wildman–Crippen MR) is 60.9 cm³/mol. The van der Waals surface area contributed by atoms with Crippen molar-refractivity contribution in [3.63, 3.8) is 0 Å². The first-order valence-electron chi connectivity index (χ1n) is 5.08. The van der Waals surface area contributed by atoms with Crippen molar-refractivity contribution in [2.75, 3.05) is 12.8 Å². The summed E-state index contributed by atoms with van der Waals surface area (Å²) in [7, 11) is -4.58. The molecular formula is C8H20NaO5PS. The van der Waals surface area contributed by atoms with E-state index in [0.29, 0.717) is 19.3 Å². The minimum Gasteiger partial charge on any atom is -1.00 e. The minimum atomic E-state index is -4.58. The van der Waals surface area contributed by atoms with E-state index in [4.69, 9.17) is 9.08 Å². The van der Waals surface area contributed by atoms with Crippen LogP contribution in [0.5, 0.6) is 0 Å². The fourth-order valence-electron chi connectivity index (χ4n) is 0.946. The van der Waals surface area contributed by atoms with Gasteiger partial charge in [0.1, 0.15) is 0 Å². The number of unbranched alkanes of at least 4 members (excludes halogenated alkanes) is 2. The van der Waals surface area contributed by atoms with Gasteiger partial charge in [0, 0.05) is 6.16 Å². The molecule has 0 heterocycles. The SMILES string of the molecule is CCCCOP(=O)(CCCC)S(=O)(=O)O.[H-].[Na+]. The molecule has 0 saturated heterocycles. The van der Waals surface area contributed by atoms with Crippen molar-refractivity contribution >= 4 is 16.3 Å². The second-order valence-electron chi connectivity index (χ2n) is 3.32. The third-order valence-electron chi connectivity index (χ3n) is 1.92. The molecular weight excluding hydrogens is 262 g/mol. The van der Waals surface area contributed by atoms with Gasteiger partial charge in [0.15, 0.2) is 0 Å². The van der Waals surface area contributed by atoms with Crippen LogP contribution in [-0.4, -0.2) is 25.7 Å². The topological polar surface area (TPSA) is 80.7 Å². The largest absolute Gasteiger partial charge is 1.00 e. The second-order valence-corrected chi connectivity index (χ2v) is 9.20. The van der Waals surface area contributed by atoms with Gasteiger partial charge < -0.3 is 5.95 Å². The van der Waals surface area contributed by atoms with Crippen LogP contribution in [-0.2, 0) is 18.8 Å². The van der Waals surface area contributed by atoms with E-state index in [9.17, 15) is 13.0 Å². The molecule has 0 radical (unpaired) electrons. The number of hydrogen-bond acceptors (Lipinski definition) is 4. The molecule has 0 bridgehead atoms. The van der Waals surface area contributed by atoms with Gasteiger partial charge in [-0.05, 0) is 12.8 Å². The first kappa shape index (κ1) is 19.4.